The Bertz CT molecular complexity index is 926. The zero-order valence-corrected chi connectivity index (χ0v) is 18.6. The van der Waals surface area contributed by atoms with E-state index in [0.29, 0.717) is 36.8 Å². The van der Waals surface area contributed by atoms with E-state index in [-0.39, 0.29) is 17.7 Å². The first kappa shape index (κ1) is 21.5. The summed E-state index contributed by atoms with van der Waals surface area (Å²) in [5, 5.41) is 0.608. The molecular formula is C24H28ClN3O3. The van der Waals surface area contributed by atoms with Crippen molar-refractivity contribution in [1.29, 1.82) is 0 Å². The predicted octanol–water partition coefficient (Wildman–Crippen LogP) is 3.55. The Balaban J connectivity index is 1.34. The number of piperazine rings is 1. The molecule has 0 saturated carbocycles. The molecule has 31 heavy (non-hydrogen) atoms. The highest BCUT2D eigenvalue weighted by atomic mass is 35.5. The van der Waals surface area contributed by atoms with Crippen LogP contribution in [0.5, 0.6) is 5.75 Å². The van der Waals surface area contributed by atoms with Crippen LogP contribution in [0.2, 0.25) is 5.02 Å². The van der Waals surface area contributed by atoms with Crippen LogP contribution in [0.4, 0.5) is 5.69 Å². The van der Waals surface area contributed by atoms with E-state index in [1.807, 2.05) is 28.0 Å². The molecule has 2 amide bonds. The average molecular weight is 442 g/mol. The maximum Gasteiger partial charge on any atom is 0.253 e. The molecule has 0 spiro atoms. The van der Waals surface area contributed by atoms with E-state index in [9.17, 15) is 9.59 Å². The molecule has 0 aromatic heterocycles. The maximum atomic E-state index is 13.2. The number of carbonyl (C=O) groups is 2. The molecule has 0 bridgehead atoms. The van der Waals surface area contributed by atoms with Gasteiger partial charge in [0, 0.05) is 61.6 Å². The molecule has 0 unspecified atom stereocenters. The van der Waals surface area contributed by atoms with Crippen LogP contribution in [-0.4, -0.2) is 68.0 Å². The van der Waals surface area contributed by atoms with Gasteiger partial charge in [-0.05, 0) is 49.2 Å². The van der Waals surface area contributed by atoms with Gasteiger partial charge < -0.3 is 19.4 Å². The lowest BCUT2D eigenvalue weighted by molar-refractivity contribution is -0.137. The van der Waals surface area contributed by atoms with Crippen LogP contribution < -0.4 is 9.64 Å². The highest BCUT2D eigenvalue weighted by Gasteiger charge is 2.33. The third-order valence-corrected chi connectivity index (χ3v) is 6.41. The van der Waals surface area contributed by atoms with Gasteiger partial charge in [-0.1, -0.05) is 17.7 Å². The molecule has 2 fully saturated rings. The zero-order chi connectivity index (χ0) is 21.8. The van der Waals surface area contributed by atoms with Crippen molar-refractivity contribution in [2.75, 3.05) is 51.3 Å². The normalized spacial score (nSPS) is 19.3. The van der Waals surface area contributed by atoms with Crippen LogP contribution in [0.25, 0.3) is 0 Å². The van der Waals surface area contributed by atoms with Crippen molar-refractivity contribution in [1.82, 2.24) is 9.80 Å². The smallest absolute Gasteiger partial charge is 0.253 e. The van der Waals surface area contributed by atoms with Crippen molar-refractivity contribution < 1.29 is 14.3 Å². The maximum absolute atomic E-state index is 13.2. The van der Waals surface area contributed by atoms with Gasteiger partial charge in [0.15, 0.2) is 0 Å². The van der Waals surface area contributed by atoms with Gasteiger partial charge >= 0.3 is 0 Å². The Morgan fingerprint density at radius 2 is 1.71 bits per heavy atom. The lowest BCUT2D eigenvalue weighted by atomic mass is 9.95. The molecule has 2 aliphatic heterocycles. The van der Waals surface area contributed by atoms with E-state index in [4.69, 9.17) is 16.3 Å². The average Bonchev–Trinajstić information content (AvgIpc) is 2.84. The molecule has 2 saturated heterocycles. The van der Waals surface area contributed by atoms with E-state index < -0.39 is 0 Å². The molecule has 0 N–H and O–H groups in total. The van der Waals surface area contributed by atoms with Crippen LogP contribution in [-0.2, 0) is 4.79 Å². The lowest BCUT2D eigenvalue weighted by Crippen LogP contribution is -2.53. The van der Waals surface area contributed by atoms with Gasteiger partial charge in [0.05, 0.1) is 13.0 Å². The molecule has 1 atom stereocenters. The van der Waals surface area contributed by atoms with Crippen molar-refractivity contribution in [3.8, 4) is 5.75 Å². The standard InChI is InChI=1S/C24H28ClN3O3/c1-31-22-6-2-5-21(16-22)26-12-14-27(15-13-26)24(30)19-4-3-11-28(17-19)23(29)18-7-9-20(25)10-8-18/h2,5-10,16,19H,3-4,11-15,17H2,1H3/t19-/m0/s1. The number of halogens is 1. The molecule has 6 nitrogen and oxygen atoms in total. The minimum atomic E-state index is -0.131. The number of methoxy groups -OCH3 is 1. The van der Waals surface area contributed by atoms with Gasteiger partial charge in [-0.15, -0.1) is 0 Å². The highest BCUT2D eigenvalue weighted by molar-refractivity contribution is 6.30. The fourth-order valence-corrected chi connectivity index (χ4v) is 4.51. The molecule has 4 rings (SSSR count). The van der Waals surface area contributed by atoms with Crippen LogP contribution in [0.1, 0.15) is 23.2 Å². The summed E-state index contributed by atoms with van der Waals surface area (Å²) in [6.07, 6.45) is 1.68. The molecule has 7 heteroatoms. The van der Waals surface area contributed by atoms with Crippen molar-refractivity contribution in [3.05, 3.63) is 59.1 Å². The molecule has 0 aliphatic carbocycles. The minimum absolute atomic E-state index is 0.0305. The predicted molar refractivity (Wildman–Crippen MR) is 122 cm³/mol. The van der Waals surface area contributed by atoms with Gasteiger partial charge in [0.25, 0.3) is 5.91 Å². The Kier molecular flexibility index (Phi) is 6.66. The second-order valence-corrected chi connectivity index (χ2v) is 8.55. The van der Waals surface area contributed by atoms with Crippen LogP contribution >= 0.6 is 11.6 Å². The van der Waals surface area contributed by atoms with E-state index in [0.717, 1.165) is 37.4 Å². The van der Waals surface area contributed by atoms with E-state index in [1.165, 1.54) is 0 Å². The topological polar surface area (TPSA) is 53.1 Å². The first-order chi connectivity index (χ1) is 15.0. The van der Waals surface area contributed by atoms with E-state index in [1.54, 1.807) is 31.4 Å². The van der Waals surface area contributed by atoms with Gasteiger partial charge in [0.2, 0.25) is 5.91 Å². The number of nitrogens with zero attached hydrogens (tertiary/aromatic N) is 3. The van der Waals surface area contributed by atoms with Crippen molar-refractivity contribution in [2.45, 2.75) is 12.8 Å². The fourth-order valence-electron chi connectivity index (χ4n) is 4.39. The number of carbonyl (C=O) groups excluding carboxylic acids is 2. The number of hydrogen-bond acceptors (Lipinski definition) is 4. The van der Waals surface area contributed by atoms with Gasteiger partial charge in [0.1, 0.15) is 5.75 Å². The van der Waals surface area contributed by atoms with Crippen molar-refractivity contribution in [2.24, 2.45) is 5.92 Å². The Morgan fingerprint density at radius 1 is 0.968 bits per heavy atom. The van der Waals surface area contributed by atoms with Gasteiger partial charge in [-0.25, -0.2) is 0 Å². The third kappa shape index (κ3) is 4.96. The van der Waals surface area contributed by atoms with Crippen LogP contribution in [0.15, 0.2) is 48.5 Å². The second kappa shape index (κ2) is 9.60. The number of piperidine rings is 1. The molecule has 2 aromatic rings. The number of benzene rings is 2. The van der Waals surface area contributed by atoms with Crippen molar-refractivity contribution >= 4 is 29.1 Å². The number of amides is 2. The fraction of sp³-hybridized carbons (Fsp3) is 0.417. The van der Waals surface area contributed by atoms with Gasteiger partial charge in [-0.3, -0.25) is 9.59 Å². The number of rotatable bonds is 4. The molecule has 164 valence electrons. The summed E-state index contributed by atoms with van der Waals surface area (Å²) in [5.74, 6) is 0.841. The third-order valence-electron chi connectivity index (χ3n) is 6.16. The first-order valence-corrected chi connectivity index (χ1v) is 11.2. The molecule has 2 heterocycles. The summed E-state index contributed by atoms with van der Waals surface area (Å²) in [4.78, 5) is 32.1. The molecule has 2 aliphatic rings. The molecule has 0 radical (unpaired) electrons. The van der Waals surface area contributed by atoms with E-state index in [2.05, 4.69) is 11.0 Å². The Morgan fingerprint density at radius 3 is 2.42 bits per heavy atom. The lowest BCUT2D eigenvalue weighted by Gasteiger charge is -2.39. The van der Waals surface area contributed by atoms with Gasteiger partial charge in [-0.2, -0.15) is 0 Å². The second-order valence-electron chi connectivity index (χ2n) is 8.11. The van der Waals surface area contributed by atoms with Crippen LogP contribution in [0, 0.1) is 5.92 Å². The minimum Gasteiger partial charge on any atom is -0.497 e. The summed E-state index contributed by atoms with van der Waals surface area (Å²) in [7, 11) is 1.67. The monoisotopic (exact) mass is 441 g/mol. The number of likely N-dealkylation sites (tertiary alicyclic amines) is 1. The Labute approximate surface area is 188 Å². The van der Waals surface area contributed by atoms with E-state index >= 15 is 0 Å². The number of hydrogen-bond donors (Lipinski definition) is 0. The quantitative estimate of drug-likeness (QED) is 0.728. The largest absolute Gasteiger partial charge is 0.497 e. The number of anilines is 1. The summed E-state index contributed by atoms with van der Waals surface area (Å²) in [6, 6.07) is 15.0. The van der Waals surface area contributed by atoms with Crippen molar-refractivity contribution in [3.63, 3.8) is 0 Å². The molecular weight excluding hydrogens is 414 g/mol. The SMILES string of the molecule is COc1cccc(N2CCN(C(=O)[C@H]3CCCN(C(=O)c4ccc(Cl)cc4)C3)CC2)c1. The summed E-state index contributed by atoms with van der Waals surface area (Å²) < 4.78 is 5.32. The summed E-state index contributed by atoms with van der Waals surface area (Å²) >= 11 is 5.93. The number of ether oxygens (including phenoxy) is 1. The Hall–Kier alpha value is -2.73. The zero-order valence-electron chi connectivity index (χ0n) is 17.8. The first-order valence-electron chi connectivity index (χ1n) is 10.8. The molecule has 2 aromatic carbocycles. The highest BCUT2D eigenvalue weighted by Crippen LogP contribution is 2.25. The summed E-state index contributed by atoms with van der Waals surface area (Å²) in [5.41, 5.74) is 1.73. The van der Waals surface area contributed by atoms with Crippen LogP contribution in [0.3, 0.4) is 0 Å². The summed E-state index contributed by atoms with van der Waals surface area (Å²) in [6.45, 7) is 4.14.